The molecule has 118 valence electrons. The lowest BCUT2D eigenvalue weighted by Gasteiger charge is -2.30. The van der Waals surface area contributed by atoms with Crippen molar-refractivity contribution in [2.45, 2.75) is 38.8 Å². The van der Waals surface area contributed by atoms with Crippen LogP contribution in [0.2, 0.25) is 0 Å². The maximum Gasteiger partial charge on any atom is 0.186 e. The fourth-order valence-electron chi connectivity index (χ4n) is 2.78. The van der Waals surface area contributed by atoms with Crippen LogP contribution >= 0.6 is 0 Å². The molecular formula is C15H20FN5O. The molecule has 0 amide bonds. The molecule has 6 nitrogen and oxygen atoms in total. The topological polar surface area (TPSA) is 64.9 Å². The summed E-state index contributed by atoms with van der Waals surface area (Å²) >= 11 is 0. The maximum absolute atomic E-state index is 14.1. The molecule has 1 aliphatic heterocycles. The number of hydrogen-bond acceptors (Lipinski definition) is 5. The van der Waals surface area contributed by atoms with Crippen LogP contribution in [-0.4, -0.2) is 32.2 Å². The third kappa shape index (κ3) is 2.94. The Morgan fingerprint density at radius 1 is 1.36 bits per heavy atom. The zero-order chi connectivity index (χ0) is 15.7. The number of rotatable bonds is 3. The summed E-state index contributed by atoms with van der Waals surface area (Å²) < 4.78 is 21.9. The maximum atomic E-state index is 14.1. The number of aryl methyl sites for hydroxylation is 3. The van der Waals surface area contributed by atoms with Crippen molar-refractivity contribution in [3.05, 3.63) is 35.6 Å². The lowest BCUT2D eigenvalue weighted by Crippen LogP contribution is -2.32. The van der Waals surface area contributed by atoms with Crippen molar-refractivity contribution < 1.29 is 9.13 Å². The minimum Gasteiger partial charge on any atom is -0.370 e. The number of hydrogen-bond donors (Lipinski definition) is 1. The first-order valence-electron chi connectivity index (χ1n) is 7.40. The zero-order valence-electron chi connectivity index (χ0n) is 13.0. The molecule has 1 aliphatic rings. The van der Waals surface area contributed by atoms with Crippen LogP contribution in [0.15, 0.2) is 12.4 Å². The van der Waals surface area contributed by atoms with Crippen molar-refractivity contribution in [2.75, 3.05) is 11.9 Å². The van der Waals surface area contributed by atoms with Crippen LogP contribution in [0.25, 0.3) is 0 Å². The van der Waals surface area contributed by atoms with Crippen LogP contribution in [0.5, 0.6) is 0 Å². The van der Waals surface area contributed by atoms with Crippen LogP contribution in [0.4, 0.5) is 10.2 Å². The van der Waals surface area contributed by atoms with Gasteiger partial charge in [0.2, 0.25) is 0 Å². The highest BCUT2D eigenvalue weighted by molar-refractivity contribution is 5.39. The molecule has 2 aromatic heterocycles. The fourth-order valence-corrected chi connectivity index (χ4v) is 2.78. The first-order valence-corrected chi connectivity index (χ1v) is 7.40. The predicted molar refractivity (Wildman–Crippen MR) is 80.0 cm³/mol. The number of nitrogens with zero attached hydrogens (tertiary/aromatic N) is 4. The molecule has 0 radical (unpaired) electrons. The van der Waals surface area contributed by atoms with Gasteiger partial charge in [-0.2, -0.15) is 0 Å². The van der Waals surface area contributed by atoms with Gasteiger partial charge in [0.1, 0.15) is 17.8 Å². The molecule has 2 aromatic rings. The van der Waals surface area contributed by atoms with Gasteiger partial charge in [-0.05, 0) is 20.3 Å². The van der Waals surface area contributed by atoms with Crippen molar-refractivity contribution in [1.82, 2.24) is 19.5 Å². The van der Waals surface area contributed by atoms with Gasteiger partial charge in [-0.1, -0.05) is 0 Å². The molecule has 7 heteroatoms. The first kappa shape index (κ1) is 14.9. The Hall–Kier alpha value is -2.02. The SMILES string of the molecule is Cc1nc(C)c(F)c(NC2CCOC(c3nccn3C)C2)n1. The third-order valence-corrected chi connectivity index (χ3v) is 3.90. The minimum atomic E-state index is -0.384. The normalized spacial score (nSPS) is 21.8. The van der Waals surface area contributed by atoms with Gasteiger partial charge in [0, 0.05) is 38.5 Å². The summed E-state index contributed by atoms with van der Waals surface area (Å²) in [7, 11) is 1.94. The standard InChI is InChI=1S/C15H20FN5O/c1-9-13(16)14(19-10(2)18-9)20-11-4-7-22-12(8-11)15-17-5-6-21(15)3/h5-6,11-12H,4,7-8H2,1-3H3,(H,18,19,20). The van der Waals surface area contributed by atoms with E-state index in [9.17, 15) is 4.39 Å². The van der Waals surface area contributed by atoms with Crippen molar-refractivity contribution in [1.29, 1.82) is 0 Å². The molecule has 0 bridgehead atoms. The largest absolute Gasteiger partial charge is 0.370 e. The predicted octanol–water partition coefficient (Wildman–Crippen LogP) is 2.30. The minimum absolute atomic E-state index is 0.0849. The van der Waals surface area contributed by atoms with Crippen molar-refractivity contribution >= 4 is 5.82 Å². The second kappa shape index (κ2) is 6.00. The van der Waals surface area contributed by atoms with Gasteiger partial charge in [-0.25, -0.2) is 19.3 Å². The second-order valence-electron chi connectivity index (χ2n) is 5.64. The van der Waals surface area contributed by atoms with E-state index in [1.165, 1.54) is 0 Å². The number of aromatic nitrogens is 4. The van der Waals surface area contributed by atoms with Gasteiger partial charge < -0.3 is 14.6 Å². The van der Waals surface area contributed by atoms with E-state index >= 15 is 0 Å². The Morgan fingerprint density at radius 2 is 2.18 bits per heavy atom. The number of anilines is 1. The molecule has 22 heavy (non-hydrogen) atoms. The number of halogens is 1. The van der Waals surface area contributed by atoms with Crippen LogP contribution in [0.1, 0.15) is 36.3 Å². The molecule has 1 saturated heterocycles. The molecule has 1 N–H and O–H groups in total. The Balaban J connectivity index is 1.75. The molecule has 0 spiro atoms. The van der Waals surface area contributed by atoms with Crippen molar-refractivity contribution in [3.63, 3.8) is 0 Å². The first-order chi connectivity index (χ1) is 10.5. The molecular weight excluding hydrogens is 285 g/mol. The van der Waals surface area contributed by atoms with Crippen LogP contribution in [-0.2, 0) is 11.8 Å². The van der Waals surface area contributed by atoms with Gasteiger partial charge in [-0.15, -0.1) is 0 Å². The van der Waals surface area contributed by atoms with E-state index in [-0.39, 0.29) is 23.8 Å². The van der Waals surface area contributed by atoms with Crippen molar-refractivity contribution in [3.8, 4) is 0 Å². The van der Waals surface area contributed by atoms with E-state index in [1.807, 2.05) is 17.8 Å². The molecule has 1 fully saturated rings. The smallest absolute Gasteiger partial charge is 0.186 e. The highest BCUT2D eigenvalue weighted by Crippen LogP contribution is 2.29. The molecule has 2 unspecified atom stereocenters. The van der Waals surface area contributed by atoms with E-state index in [1.54, 1.807) is 20.0 Å². The van der Waals surface area contributed by atoms with Crippen LogP contribution in [0.3, 0.4) is 0 Å². The number of ether oxygens (including phenoxy) is 1. The summed E-state index contributed by atoms with van der Waals surface area (Å²) in [5.41, 5.74) is 0.364. The Morgan fingerprint density at radius 3 is 2.91 bits per heavy atom. The molecule has 3 heterocycles. The van der Waals surface area contributed by atoms with Gasteiger partial charge in [0.05, 0.1) is 5.69 Å². The summed E-state index contributed by atoms with van der Waals surface area (Å²) in [6.07, 6.45) is 5.10. The second-order valence-corrected chi connectivity index (χ2v) is 5.64. The van der Waals surface area contributed by atoms with E-state index in [2.05, 4.69) is 20.3 Å². The fraction of sp³-hybridized carbons (Fsp3) is 0.533. The molecule has 0 aromatic carbocycles. The zero-order valence-corrected chi connectivity index (χ0v) is 13.0. The Labute approximate surface area is 128 Å². The van der Waals surface area contributed by atoms with Crippen molar-refractivity contribution in [2.24, 2.45) is 7.05 Å². The van der Waals surface area contributed by atoms with E-state index < -0.39 is 0 Å². The Bertz CT molecular complexity index is 672. The summed E-state index contributed by atoms with van der Waals surface area (Å²) in [5, 5.41) is 3.20. The monoisotopic (exact) mass is 305 g/mol. The summed E-state index contributed by atoms with van der Waals surface area (Å²) in [4.78, 5) is 12.5. The number of nitrogens with one attached hydrogen (secondary N) is 1. The average Bonchev–Trinajstić information content (AvgIpc) is 2.91. The van der Waals surface area contributed by atoms with E-state index in [4.69, 9.17) is 4.74 Å². The lowest BCUT2D eigenvalue weighted by molar-refractivity contribution is 0.00281. The molecule has 0 aliphatic carbocycles. The Kier molecular flexibility index (Phi) is 4.06. The van der Waals surface area contributed by atoms with E-state index in [0.717, 1.165) is 18.7 Å². The molecule has 3 rings (SSSR count). The summed E-state index contributed by atoms with van der Waals surface area (Å²) in [5.74, 6) is 1.34. The van der Waals surface area contributed by atoms with Gasteiger partial charge >= 0.3 is 0 Å². The third-order valence-electron chi connectivity index (χ3n) is 3.90. The lowest BCUT2D eigenvalue weighted by atomic mass is 10.0. The highest BCUT2D eigenvalue weighted by Gasteiger charge is 2.27. The van der Waals surface area contributed by atoms with Crippen LogP contribution in [0, 0.1) is 19.7 Å². The number of imidazole rings is 1. The molecule has 0 saturated carbocycles. The molecule has 2 atom stereocenters. The van der Waals surface area contributed by atoms with E-state index in [0.29, 0.717) is 18.1 Å². The average molecular weight is 305 g/mol. The van der Waals surface area contributed by atoms with Gasteiger partial charge in [-0.3, -0.25) is 0 Å². The van der Waals surface area contributed by atoms with Gasteiger partial charge in [0.15, 0.2) is 11.6 Å². The highest BCUT2D eigenvalue weighted by atomic mass is 19.1. The summed E-state index contributed by atoms with van der Waals surface area (Å²) in [6.45, 7) is 4.02. The van der Waals surface area contributed by atoms with Gasteiger partial charge in [0.25, 0.3) is 0 Å². The van der Waals surface area contributed by atoms with Crippen LogP contribution < -0.4 is 5.32 Å². The quantitative estimate of drug-likeness (QED) is 0.942. The summed E-state index contributed by atoms with van der Waals surface area (Å²) in [6, 6.07) is 0.0960.